The average molecular weight is 470 g/mol. The van der Waals surface area contributed by atoms with Crippen molar-refractivity contribution in [1.29, 1.82) is 0 Å². The monoisotopic (exact) mass is 469 g/mol. The fourth-order valence-electron chi connectivity index (χ4n) is 3.64. The number of amides is 1. The van der Waals surface area contributed by atoms with Gasteiger partial charge in [0.1, 0.15) is 0 Å². The molecule has 1 amide bonds. The van der Waals surface area contributed by atoms with Crippen LogP contribution in [0.5, 0.6) is 0 Å². The number of para-hydroxylation sites is 1. The van der Waals surface area contributed by atoms with Crippen molar-refractivity contribution in [2.24, 2.45) is 0 Å². The molecule has 1 fully saturated rings. The summed E-state index contributed by atoms with van der Waals surface area (Å²) in [7, 11) is -3.87. The van der Waals surface area contributed by atoms with Gasteiger partial charge in [-0.1, -0.05) is 35.9 Å². The van der Waals surface area contributed by atoms with Gasteiger partial charge in [-0.05, 0) is 61.7 Å². The maximum absolute atomic E-state index is 13.5. The van der Waals surface area contributed by atoms with E-state index in [2.05, 4.69) is 4.98 Å². The molecular weight excluding hydrogens is 446 g/mol. The number of benzene rings is 2. The fourth-order valence-corrected chi connectivity index (χ4v) is 5.34. The van der Waals surface area contributed by atoms with Crippen LogP contribution in [0.25, 0.3) is 0 Å². The largest absolute Gasteiger partial charge is 0.331 e. The van der Waals surface area contributed by atoms with Gasteiger partial charge >= 0.3 is 0 Å². The standard InChI is InChI=1S/C24H24ClN3O3S/c1-2-28(20-8-4-3-5-9-20)32(30,31)21-12-13-23(25)22(15-21)24(29)27(19-10-11-19)17-18-7-6-14-26-16-18/h3-9,12-16,19H,2,10-11,17H2,1H3. The van der Waals surface area contributed by atoms with Crippen LogP contribution >= 0.6 is 11.6 Å². The number of halogens is 1. The Balaban J connectivity index is 1.68. The molecule has 0 N–H and O–H groups in total. The van der Waals surface area contributed by atoms with E-state index in [-0.39, 0.29) is 34.0 Å². The van der Waals surface area contributed by atoms with Gasteiger partial charge in [0.25, 0.3) is 15.9 Å². The molecule has 32 heavy (non-hydrogen) atoms. The minimum Gasteiger partial charge on any atom is -0.331 e. The molecule has 2 aromatic carbocycles. The number of anilines is 1. The van der Waals surface area contributed by atoms with Gasteiger partial charge in [-0.15, -0.1) is 0 Å². The summed E-state index contributed by atoms with van der Waals surface area (Å²) in [5.74, 6) is -0.277. The second kappa shape index (κ2) is 9.30. The van der Waals surface area contributed by atoms with Crippen LogP contribution in [0.4, 0.5) is 5.69 Å². The molecule has 166 valence electrons. The molecule has 4 rings (SSSR count). The maximum Gasteiger partial charge on any atom is 0.264 e. The van der Waals surface area contributed by atoms with Crippen molar-refractivity contribution in [1.82, 2.24) is 9.88 Å². The first-order valence-corrected chi connectivity index (χ1v) is 12.3. The molecule has 8 heteroatoms. The van der Waals surface area contributed by atoms with Crippen LogP contribution < -0.4 is 4.31 Å². The summed E-state index contributed by atoms with van der Waals surface area (Å²) in [6, 6.07) is 17.1. The normalized spacial score (nSPS) is 13.6. The first-order chi connectivity index (χ1) is 15.4. The lowest BCUT2D eigenvalue weighted by atomic mass is 10.1. The lowest BCUT2D eigenvalue weighted by Gasteiger charge is -2.25. The third-order valence-electron chi connectivity index (χ3n) is 5.41. The average Bonchev–Trinajstić information content (AvgIpc) is 3.64. The van der Waals surface area contributed by atoms with E-state index in [1.54, 1.807) is 48.5 Å². The van der Waals surface area contributed by atoms with Gasteiger partial charge in [0.15, 0.2) is 0 Å². The van der Waals surface area contributed by atoms with Crippen molar-refractivity contribution in [2.45, 2.75) is 37.2 Å². The van der Waals surface area contributed by atoms with Crippen LogP contribution in [0.15, 0.2) is 78.0 Å². The van der Waals surface area contributed by atoms with Crippen molar-refractivity contribution in [3.05, 3.63) is 89.2 Å². The minimum atomic E-state index is -3.87. The molecule has 1 aliphatic carbocycles. The van der Waals surface area contributed by atoms with Gasteiger partial charge < -0.3 is 4.90 Å². The van der Waals surface area contributed by atoms with Crippen LogP contribution in [-0.2, 0) is 16.6 Å². The molecule has 1 aliphatic rings. The van der Waals surface area contributed by atoms with Crippen LogP contribution in [0.1, 0.15) is 35.7 Å². The number of sulfonamides is 1. The van der Waals surface area contributed by atoms with Gasteiger partial charge in [0.05, 0.1) is 21.2 Å². The molecule has 0 spiro atoms. The van der Waals surface area contributed by atoms with Crippen LogP contribution in [0.2, 0.25) is 5.02 Å². The Labute approximate surface area is 193 Å². The Morgan fingerprint density at radius 1 is 1.09 bits per heavy atom. The van der Waals surface area contributed by atoms with Gasteiger partial charge in [-0.3, -0.25) is 14.1 Å². The van der Waals surface area contributed by atoms with E-state index in [9.17, 15) is 13.2 Å². The predicted molar refractivity (Wildman–Crippen MR) is 125 cm³/mol. The first kappa shape index (κ1) is 22.3. The summed E-state index contributed by atoms with van der Waals surface area (Å²) in [5, 5.41) is 0.230. The zero-order valence-corrected chi connectivity index (χ0v) is 19.3. The molecule has 6 nitrogen and oxygen atoms in total. The number of rotatable bonds is 8. The molecule has 0 saturated heterocycles. The zero-order chi connectivity index (χ0) is 22.7. The molecule has 1 saturated carbocycles. The van der Waals surface area contributed by atoms with Gasteiger partial charge in [-0.25, -0.2) is 8.42 Å². The number of hydrogen-bond acceptors (Lipinski definition) is 4. The van der Waals surface area contributed by atoms with E-state index in [1.807, 2.05) is 18.2 Å². The number of pyridine rings is 1. The molecule has 1 heterocycles. The van der Waals surface area contributed by atoms with E-state index in [4.69, 9.17) is 11.6 Å². The fraction of sp³-hybridized carbons (Fsp3) is 0.250. The number of aromatic nitrogens is 1. The summed E-state index contributed by atoms with van der Waals surface area (Å²) in [5.41, 5.74) is 1.66. The zero-order valence-electron chi connectivity index (χ0n) is 17.7. The van der Waals surface area contributed by atoms with Crippen LogP contribution in [-0.4, -0.2) is 36.8 Å². The molecule has 0 unspecified atom stereocenters. The summed E-state index contributed by atoms with van der Waals surface area (Å²) < 4.78 is 28.1. The number of carbonyl (C=O) groups excluding carboxylic acids is 1. The highest BCUT2D eigenvalue weighted by molar-refractivity contribution is 7.92. The van der Waals surface area contributed by atoms with Crippen molar-refractivity contribution in [3.63, 3.8) is 0 Å². The molecule has 1 aromatic heterocycles. The SMILES string of the molecule is CCN(c1ccccc1)S(=O)(=O)c1ccc(Cl)c(C(=O)N(Cc2cccnc2)C2CC2)c1. The Bertz CT molecular complexity index is 1200. The topological polar surface area (TPSA) is 70.6 Å². The lowest BCUT2D eigenvalue weighted by Crippen LogP contribution is -2.34. The smallest absolute Gasteiger partial charge is 0.264 e. The van der Waals surface area contributed by atoms with E-state index in [0.717, 1.165) is 18.4 Å². The van der Waals surface area contributed by atoms with Crippen molar-refractivity contribution in [2.75, 3.05) is 10.8 Å². The predicted octanol–water partition coefficient (Wildman–Crippen LogP) is 4.76. The van der Waals surface area contributed by atoms with E-state index >= 15 is 0 Å². The Hall–Kier alpha value is -2.90. The number of nitrogens with zero attached hydrogens (tertiary/aromatic N) is 3. The molecule has 0 aliphatic heterocycles. The van der Waals surface area contributed by atoms with E-state index in [0.29, 0.717) is 12.2 Å². The second-order valence-electron chi connectivity index (χ2n) is 7.67. The minimum absolute atomic E-state index is 0.0353. The van der Waals surface area contributed by atoms with Crippen molar-refractivity contribution < 1.29 is 13.2 Å². The number of carbonyl (C=O) groups is 1. The van der Waals surface area contributed by atoms with Crippen molar-refractivity contribution in [3.8, 4) is 0 Å². The van der Waals surface area contributed by atoms with E-state index < -0.39 is 10.0 Å². The molecule has 0 bridgehead atoms. The third-order valence-corrected chi connectivity index (χ3v) is 7.64. The van der Waals surface area contributed by atoms with E-state index in [1.165, 1.54) is 22.5 Å². The molecule has 0 radical (unpaired) electrons. The highest BCUT2D eigenvalue weighted by Gasteiger charge is 2.34. The second-order valence-corrected chi connectivity index (χ2v) is 9.94. The third kappa shape index (κ3) is 4.64. The summed E-state index contributed by atoms with van der Waals surface area (Å²) >= 11 is 6.38. The molecular formula is C24H24ClN3O3S. The molecule has 3 aromatic rings. The number of hydrogen-bond donors (Lipinski definition) is 0. The molecule has 0 atom stereocenters. The Kier molecular flexibility index (Phi) is 6.48. The highest BCUT2D eigenvalue weighted by Crippen LogP contribution is 2.32. The lowest BCUT2D eigenvalue weighted by molar-refractivity contribution is 0.0729. The summed E-state index contributed by atoms with van der Waals surface area (Å²) in [4.78, 5) is 19.4. The summed E-state index contributed by atoms with van der Waals surface area (Å²) in [6.07, 6.45) is 5.24. The van der Waals surface area contributed by atoms with Crippen molar-refractivity contribution >= 4 is 33.2 Å². The van der Waals surface area contributed by atoms with Crippen LogP contribution in [0.3, 0.4) is 0 Å². The van der Waals surface area contributed by atoms with Gasteiger partial charge in [0, 0.05) is 31.5 Å². The Morgan fingerprint density at radius 3 is 2.47 bits per heavy atom. The van der Waals surface area contributed by atoms with Gasteiger partial charge in [0.2, 0.25) is 0 Å². The first-order valence-electron chi connectivity index (χ1n) is 10.5. The Morgan fingerprint density at radius 2 is 1.84 bits per heavy atom. The maximum atomic E-state index is 13.5. The quantitative estimate of drug-likeness (QED) is 0.477. The van der Waals surface area contributed by atoms with Crippen LogP contribution in [0, 0.1) is 0 Å². The highest BCUT2D eigenvalue weighted by atomic mass is 35.5. The summed E-state index contributed by atoms with van der Waals surface area (Å²) in [6.45, 7) is 2.43. The van der Waals surface area contributed by atoms with Gasteiger partial charge in [-0.2, -0.15) is 0 Å².